The molecular weight excluding hydrogens is 534 g/mol. The molecular formula is C38H73NO4. The summed E-state index contributed by atoms with van der Waals surface area (Å²) in [7, 11) is 0. The first-order chi connectivity index (χ1) is 21.0. The Kier molecular flexibility index (Phi) is 32.8. The predicted octanol–water partition coefficient (Wildman–Crippen LogP) is 9.87. The van der Waals surface area contributed by atoms with Crippen molar-refractivity contribution in [2.24, 2.45) is 0 Å². The predicted molar refractivity (Wildman–Crippen MR) is 185 cm³/mol. The van der Waals surface area contributed by atoms with E-state index < -0.39 is 18.2 Å². The molecule has 0 bridgehead atoms. The molecule has 3 atom stereocenters. The Hall–Kier alpha value is -1.17. The topological polar surface area (TPSA) is 89.8 Å². The van der Waals surface area contributed by atoms with Crippen LogP contribution in [0.25, 0.3) is 0 Å². The van der Waals surface area contributed by atoms with Gasteiger partial charge in [0.15, 0.2) is 0 Å². The summed E-state index contributed by atoms with van der Waals surface area (Å²) in [4.78, 5) is 12.4. The lowest BCUT2D eigenvalue weighted by Crippen LogP contribution is -2.45. The zero-order valence-corrected chi connectivity index (χ0v) is 28.6. The van der Waals surface area contributed by atoms with E-state index in [1.165, 1.54) is 122 Å². The van der Waals surface area contributed by atoms with Crippen molar-refractivity contribution in [2.45, 2.75) is 205 Å². The average molecular weight is 608 g/mol. The summed E-state index contributed by atoms with van der Waals surface area (Å²) in [5.41, 5.74) is 0. The van der Waals surface area contributed by atoms with Crippen LogP contribution in [0.5, 0.6) is 0 Å². The molecule has 5 nitrogen and oxygen atoms in total. The number of carbonyl (C=O) groups excluding carboxylic acids is 1. The van der Waals surface area contributed by atoms with Gasteiger partial charge in [0.25, 0.3) is 0 Å². The number of aliphatic hydroxyl groups excluding tert-OH is 3. The van der Waals surface area contributed by atoms with Crippen molar-refractivity contribution in [1.29, 1.82) is 0 Å². The molecule has 0 aromatic carbocycles. The molecule has 43 heavy (non-hydrogen) atoms. The van der Waals surface area contributed by atoms with Crippen molar-refractivity contribution >= 4 is 5.91 Å². The van der Waals surface area contributed by atoms with E-state index in [1.54, 1.807) is 6.08 Å². The first-order valence-corrected chi connectivity index (χ1v) is 18.6. The van der Waals surface area contributed by atoms with E-state index >= 15 is 0 Å². The monoisotopic (exact) mass is 608 g/mol. The smallest absolute Gasteiger partial charge is 0.222 e. The van der Waals surface area contributed by atoms with Crippen LogP contribution < -0.4 is 5.32 Å². The fraction of sp³-hybridized carbons (Fsp3) is 0.868. The highest BCUT2D eigenvalue weighted by Gasteiger charge is 2.20. The number of allylic oxidation sites excluding steroid dienone is 3. The zero-order valence-electron chi connectivity index (χ0n) is 28.6. The number of hydrogen-bond donors (Lipinski definition) is 4. The van der Waals surface area contributed by atoms with Gasteiger partial charge in [-0.25, -0.2) is 0 Å². The van der Waals surface area contributed by atoms with Crippen LogP contribution in [0, 0.1) is 0 Å². The van der Waals surface area contributed by atoms with Gasteiger partial charge in [-0.2, -0.15) is 0 Å². The van der Waals surface area contributed by atoms with Gasteiger partial charge in [0.05, 0.1) is 31.3 Å². The largest absolute Gasteiger partial charge is 0.394 e. The molecule has 1 amide bonds. The van der Waals surface area contributed by atoms with Crippen molar-refractivity contribution in [3.63, 3.8) is 0 Å². The highest BCUT2D eigenvalue weighted by Crippen LogP contribution is 2.14. The molecule has 0 aliphatic carbocycles. The molecule has 0 rings (SSSR count). The molecule has 3 unspecified atom stereocenters. The third kappa shape index (κ3) is 30.6. The Morgan fingerprint density at radius 3 is 1.44 bits per heavy atom. The number of unbranched alkanes of at least 4 members (excludes halogenated alkanes) is 22. The highest BCUT2D eigenvalue weighted by atomic mass is 16.3. The Morgan fingerprint density at radius 1 is 0.581 bits per heavy atom. The van der Waals surface area contributed by atoms with Crippen molar-refractivity contribution in [1.82, 2.24) is 5.32 Å². The lowest BCUT2D eigenvalue weighted by molar-refractivity contribution is -0.124. The molecule has 0 aromatic rings. The summed E-state index contributed by atoms with van der Waals surface area (Å²) < 4.78 is 0. The van der Waals surface area contributed by atoms with Gasteiger partial charge in [-0.05, 0) is 44.9 Å². The van der Waals surface area contributed by atoms with Gasteiger partial charge in [-0.15, -0.1) is 0 Å². The van der Waals surface area contributed by atoms with E-state index in [1.807, 2.05) is 6.08 Å². The van der Waals surface area contributed by atoms with Crippen LogP contribution in [0.4, 0.5) is 0 Å². The first kappa shape index (κ1) is 41.8. The van der Waals surface area contributed by atoms with E-state index in [2.05, 4.69) is 31.3 Å². The van der Waals surface area contributed by atoms with Crippen LogP contribution in [0.1, 0.15) is 187 Å². The Morgan fingerprint density at radius 2 is 0.977 bits per heavy atom. The normalized spacial score (nSPS) is 14.1. The lowest BCUT2D eigenvalue weighted by atomic mass is 10.0. The number of nitrogens with one attached hydrogen (secondary N) is 1. The summed E-state index contributed by atoms with van der Waals surface area (Å²) in [6.07, 6.45) is 38.7. The van der Waals surface area contributed by atoms with E-state index in [-0.39, 0.29) is 18.9 Å². The lowest BCUT2D eigenvalue weighted by Gasteiger charge is -2.21. The SMILES string of the molecule is CCCCCC/C=C\CCCCCCCC(O)CC(=O)NC(CO)C(O)/C=C/CCCCCCCCCCCCCCC. The second kappa shape index (κ2) is 33.7. The molecule has 0 aliphatic heterocycles. The zero-order chi connectivity index (χ0) is 31.6. The van der Waals surface area contributed by atoms with Gasteiger partial charge in [0.1, 0.15) is 0 Å². The molecule has 254 valence electrons. The molecule has 0 aliphatic rings. The quantitative estimate of drug-likeness (QED) is 0.0441. The third-order valence-electron chi connectivity index (χ3n) is 8.48. The maximum atomic E-state index is 12.4. The van der Waals surface area contributed by atoms with E-state index in [0.717, 1.165) is 38.5 Å². The van der Waals surface area contributed by atoms with Crippen LogP contribution in [0.2, 0.25) is 0 Å². The molecule has 5 heteroatoms. The highest BCUT2D eigenvalue weighted by molar-refractivity contribution is 5.76. The van der Waals surface area contributed by atoms with Crippen molar-refractivity contribution in [2.75, 3.05) is 6.61 Å². The number of amides is 1. The fourth-order valence-electron chi connectivity index (χ4n) is 5.57. The second-order valence-corrected chi connectivity index (χ2v) is 12.8. The second-order valence-electron chi connectivity index (χ2n) is 12.8. The summed E-state index contributed by atoms with van der Waals surface area (Å²) in [6.45, 7) is 4.18. The average Bonchev–Trinajstić information content (AvgIpc) is 3.00. The molecule has 4 N–H and O–H groups in total. The van der Waals surface area contributed by atoms with Crippen LogP contribution in [0.15, 0.2) is 24.3 Å². The molecule has 0 heterocycles. The van der Waals surface area contributed by atoms with Crippen LogP contribution in [-0.4, -0.2) is 46.1 Å². The summed E-state index contributed by atoms with van der Waals surface area (Å²) in [5.74, 6) is -0.322. The Balaban J connectivity index is 3.75. The molecule has 0 aromatic heterocycles. The number of aliphatic hydroxyl groups is 3. The van der Waals surface area contributed by atoms with Crippen molar-refractivity contribution in [3.8, 4) is 0 Å². The minimum absolute atomic E-state index is 0.00887. The number of hydrogen-bond acceptors (Lipinski definition) is 4. The first-order valence-electron chi connectivity index (χ1n) is 18.6. The minimum atomic E-state index is -0.927. The summed E-state index contributed by atoms with van der Waals surface area (Å²) in [6, 6.07) is -0.743. The Bertz CT molecular complexity index is 635. The minimum Gasteiger partial charge on any atom is -0.394 e. The summed E-state index contributed by atoms with van der Waals surface area (Å²) >= 11 is 0. The van der Waals surface area contributed by atoms with Gasteiger partial charge in [-0.1, -0.05) is 160 Å². The van der Waals surface area contributed by atoms with Crippen molar-refractivity contribution < 1.29 is 20.1 Å². The molecule has 0 spiro atoms. The molecule has 0 saturated heterocycles. The third-order valence-corrected chi connectivity index (χ3v) is 8.48. The van der Waals surface area contributed by atoms with E-state index in [0.29, 0.717) is 6.42 Å². The fourth-order valence-corrected chi connectivity index (χ4v) is 5.57. The Labute approximate surface area is 267 Å². The van der Waals surface area contributed by atoms with Gasteiger partial charge < -0.3 is 20.6 Å². The number of carbonyl (C=O) groups is 1. The van der Waals surface area contributed by atoms with Gasteiger partial charge in [-0.3, -0.25) is 4.79 Å². The maximum Gasteiger partial charge on any atom is 0.222 e. The van der Waals surface area contributed by atoms with Gasteiger partial charge in [0, 0.05) is 0 Å². The van der Waals surface area contributed by atoms with Crippen LogP contribution >= 0.6 is 0 Å². The molecule has 0 radical (unpaired) electrons. The van der Waals surface area contributed by atoms with Crippen molar-refractivity contribution in [3.05, 3.63) is 24.3 Å². The standard InChI is InChI=1S/C38H73NO4/c1-3-5-7-9-11-13-15-17-18-20-22-24-26-28-30-32-37(42)36(34-40)39-38(43)33-35(41)31-29-27-25-23-21-19-16-14-12-10-8-6-4-2/h14,16,30,32,35-37,40-42H,3-13,15,17-29,31,33-34H2,1-2H3,(H,39,43)/b16-14-,32-30+. The van der Waals surface area contributed by atoms with Gasteiger partial charge in [0.2, 0.25) is 5.91 Å². The summed E-state index contributed by atoms with van der Waals surface area (Å²) in [5, 5.41) is 33.0. The molecule has 0 saturated carbocycles. The molecule has 0 fully saturated rings. The van der Waals surface area contributed by atoms with Gasteiger partial charge >= 0.3 is 0 Å². The van der Waals surface area contributed by atoms with Crippen LogP contribution in [0.3, 0.4) is 0 Å². The van der Waals surface area contributed by atoms with Crippen LogP contribution in [-0.2, 0) is 4.79 Å². The maximum absolute atomic E-state index is 12.4. The number of rotatable bonds is 33. The van der Waals surface area contributed by atoms with E-state index in [9.17, 15) is 20.1 Å². The van der Waals surface area contributed by atoms with E-state index in [4.69, 9.17) is 0 Å².